The smallest absolute Gasteiger partial charge is 0.244 e. The van der Waals surface area contributed by atoms with Gasteiger partial charge >= 0.3 is 0 Å². The van der Waals surface area contributed by atoms with Crippen molar-refractivity contribution >= 4 is 12.0 Å². The Hall–Kier alpha value is -1.66. The number of aliphatic hydroxyl groups is 1. The lowest BCUT2D eigenvalue weighted by atomic mass is 9.87. The van der Waals surface area contributed by atoms with Crippen molar-refractivity contribution in [3.63, 3.8) is 0 Å². The van der Waals surface area contributed by atoms with Gasteiger partial charge in [0.1, 0.15) is 0 Å². The summed E-state index contributed by atoms with van der Waals surface area (Å²) in [6.45, 7) is 2.14. The molecule has 0 bridgehead atoms. The molecule has 23 heavy (non-hydrogen) atoms. The predicted octanol–water partition coefficient (Wildman–Crippen LogP) is 0.927. The number of likely N-dealkylation sites (tertiary alicyclic amines) is 1. The molecular weight excluding hydrogens is 292 g/mol. The summed E-state index contributed by atoms with van der Waals surface area (Å²) in [5.74, 6) is -0.155. The van der Waals surface area contributed by atoms with E-state index in [-0.39, 0.29) is 18.0 Å². The fourth-order valence-electron chi connectivity index (χ4n) is 3.73. The molecule has 3 atom stereocenters. The lowest BCUT2D eigenvalue weighted by molar-refractivity contribution is -0.119. The van der Waals surface area contributed by atoms with Crippen LogP contribution in [0.2, 0.25) is 0 Å². The lowest BCUT2D eigenvalue weighted by Crippen LogP contribution is -2.55. The van der Waals surface area contributed by atoms with Crippen molar-refractivity contribution < 1.29 is 9.90 Å². The van der Waals surface area contributed by atoms with E-state index in [2.05, 4.69) is 15.3 Å². The molecule has 0 radical (unpaired) electrons. The van der Waals surface area contributed by atoms with Crippen LogP contribution in [0.3, 0.4) is 0 Å². The molecular formula is C17H26N4O2. The Kier molecular flexibility index (Phi) is 5.13. The number of rotatable bonds is 4. The van der Waals surface area contributed by atoms with Gasteiger partial charge in [-0.1, -0.05) is 0 Å². The van der Waals surface area contributed by atoms with Crippen molar-refractivity contribution in [1.82, 2.24) is 20.0 Å². The fourth-order valence-corrected chi connectivity index (χ4v) is 3.73. The predicted molar refractivity (Wildman–Crippen MR) is 88.6 cm³/mol. The summed E-state index contributed by atoms with van der Waals surface area (Å²) < 4.78 is 1.71. The van der Waals surface area contributed by atoms with Crippen LogP contribution < -0.4 is 5.32 Å². The highest BCUT2D eigenvalue weighted by molar-refractivity contribution is 5.91. The molecule has 1 saturated carbocycles. The monoisotopic (exact) mass is 318 g/mol. The van der Waals surface area contributed by atoms with Gasteiger partial charge in [-0.2, -0.15) is 5.10 Å². The van der Waals surface area contributed by atoms with Crippen molar-refractivity contribution in [3.8, 4) is 0 Å². The van der Waals surface area contributed by atoms with Gasteiger partial charge in [0.2, 0.25) is 5.91 Å². The molecule has 2 fully saturated rings. The van der Waals surface area contributed by atoms with Crippen LogP contribution in [0.4, 0.5) is 0 Å². The SMILES string of the molecule is Cn1nccc1/C=C/C(=O)N[C@@H]1CCC[C@@H](N2CCCC2)[C@@H]1O. The first-order valence-electron chi connectivity index (χ1n) is 8.54. The minimum Gasteiger partial charge on any atom is -0.389 e. The van der Waals surface area contributed by atoms with Crippen LogP contribution >= 0.6 is 0 Å². The van der Waals surface area contributed by atoms with Crippen LogP contribution in [0.1, 0.15) is 37.8 Å². The lowest BCUT2D eigenvalue weighted by Gasteiger charge is -2.39. The quantitative estimate of drug-likeness (QED) is 0.810. The maximum atomic E-state index is 12.1. The highest BCUT2D eigenvalue weighted by atomic mass is 16.3. The largest absolute Gasteiger partial charge is 0.389 e. The number of hydrogen-bond donors (Lipinski definition) is 2. The van der Waals surface area contributed by atoms with Crippen molar-refractivity contribution in [2.24, 2.45) is 7.05 Å². The summed E-state index contributed by atoms with van der Waals surface area (Å²) in [7, 11) is 1.84. The van der Waals surface area contributed by atoms with Crippen molar-refractivity contribution in [2.45, 2.75) is 50.3 Å². The number of aliphatic hydroxyl groups excluding tert-OH is 1. The molecule has 0 spiro atoms. The minimum absolute atomic E-state index is 0.155. The average Bonchev–Trinajstić information content (AvgIpc) is 3.19. The summed E-state index contributed by atoms with van der Waals surface area (Å²) in [5, 5.41) is 17.7. The molecule has 1 aromatic heterocycles. The molecule has 1 aliphatic heterocycles. The third-order valence-electron chi connectivity index (χ3n) is 5.02. The van der Waals surface area contributed by atoms with Crippen LogP contribution in [0.25, 0.3) is 6.08 Å². The van der Waals surface area contributed by atoms with E-state index in [0.29, 0.717) is 0 Å². The van der Waals surface area contributed by atoms with E-state index < -0.39 is 6.10 Å². The van der Waals surface area contributed by atoms with Crippen LogP contribution in [0.15, 0.2) is 18.3 Å². The summed E-state index contributed by atoms with van der Waals surface area (Å²) in [5.41, 5.74) is 0.874. The molecule has 126 valence electrons. The summed E-state index contributed by atoms with van der Waals surface area (Å²) in [6, 6.07) is 1.89. The number of aryl methyl sites for hydroxylation is 1. The van der Waals surface area contributed by atoms with E-state index in [4.69, 9.17) is 0 Å². The normalized spacial score (nSPS) is 29.2. The first kappa shape index (κ1) is 16.2. The molecule has 3 rings (SSSR count). The first-order valence-corrected chi connectivity index (χ1v) is 8.54. The zero-order chi connectivity index (χ0) is 16.2. The van der Waals surface area contributed by atoms with Gasteiger partial charge in [-0.3, -0.25) is 14.4 Å². The second-order valence-corrected chi connectivity index (χ2v) is 6.56. The van der Waals surface area contributed by atoms with Crippen LogP contribution in [-0.4, -0.2) is 57.0 Å². The Morgan fingerprint density at radius 1 is 1.35 bits per heavy atom. The van der Waals surface area contributed by atoms with Gasteiger partial charge in [0.05, 0.1) is 17.8 Å². The van der Waals surface area contributed by atoms with Gasteiger partial charge in [-0.15, -0.1) is 0 Å². The molecule has 6 heteroatoms. The molecule has 0 aromatic carbocycles. The topological polar surface area (TPSA) is 70.4 Å². The summed E-state index contributed by atoms with van der Waals surface area (Å²) in [6.07, 6.45) is 9.84. The number of carbonyl (C=O) groups is 1. The van der Waals surface area contributed by atoms with Crippen LogP contribution in [0.5, 0.6) is 0 Å². The molecule has 2 aliphatic rings. The maximum Gasteiger partial charge on any atom is 0.244 e. The van der Waals surface area contributed by atoms with Gasteiger partial charge in [0.25, 0.3) is 0 Å². The molecule has 1 aromatic rings. The zero-order valence-electron chi connectivity index (χ0n) is 13.7. The van der Waals surface area contributed by atoms with E-state index in [1.54, 1.807) is 17.0 Å². The second-order valence-electron chi connectivity index (χ2n) is 6.56. The van der Waals surface area contributed by atoms with Gasteiger partial charge < -0.3 is 10.4 Å². The van der Waals surface area contributed by atoms with Gasteiger partial charge in [0, 0.05) is 25.4 Å². The number of aromatic nitrogens is 2. The number of nitrogens with zero attached hydrogens (tertiary/aromatic N) is 3. The van der Waals surface area contributed by atoms with Crippen molar-refractivity contribution in [3.05, 3.63) is 24.0 Å². The number of carbonyl (C=O) groups excluding carboxylic acids is 1. The maximum absolute atomic E-state index is 12.1. The van der Waals surface area contributed by atoms with Gasteiger partial charge in [-0.05, 0) is 57.3 Å². The molecule has 2 heterocycles. The summed E-state index contributed by atoms with van der Waals surface area (Å²) in [4.78, 5) is 14.5. The minimum atomic E-state index is -0.476. The Labute approximate surface area is 137 Å². The molecule has 1 amide bonds. The molecule has 1 saturated heterocycles. The number of amides is 1. The van der Waals surface area contributed by atoms with Crippen LogP contribution in [-0.2, 0) is 11.8 Å². The Balaban J connectivity index is 1.57. The van der Waals surface area contributed by atoms with E-state index >= 15 is 0 Å². The van der Waals surface area contributed by atoms with Crippen molar-refractivity contribution in [1.29, 1.82) is 0 Å². The third kappa shape index (κ3) is 3.82. The third-order valence-corrected chi connectivity index (χ3v) is 5.02. The zero-order valence-corrected chi connectivity index (χ0v) is 13.7. The van der Waals surface area contributed by atoms with E-state index in [0.717, 1.165) is 38.0 Å². The standard InChI is InChI=1S/C17H26N4O2/c1-20-13(9-10-18-20)7-8-16(22)19-14-5-4-6-15(17(14)23)21-11-2-3-12-21/h7-10,14-15,17,23H,2-6,11-12H2,1H3,(H,19,22)/b8-7+/t14-,15-,17-/m1/s1. The van der Waals surface area contributed by atoms with Crippen molar-refractivity contribution in [2.75, 3.05) is 13.1 Å². The fraction of sp³-hybridized carbons (Fsp3) is 0.647. The Bertz CT molecular complexity index is 563. The molecule has 6 nitrogen and oxygen atoms in total. The number of hydrogen-bond acceptors (Lipinski definition) is 4. The highest BCUT2D eigenvalue weighted by Crippen LogP contribution is 2.26. The summed E-state index contributed by atoms with van der Waals surface area (Å²) >= 11 is 0. The van der Waals surface area contributed by atoms with Crippen LogP contribution in [0, 0.1) is 0 Å². The number of nitrogens with one attached hydrogen (secondary N) is 1. The van der Waals surface area contributed by atoms with E-state index in [9.17, 15) is 9.90 Å². The Morgan fingerprint density at radius 2 is 2.13 bits per heavy atom. The molecule has 1 aliphatic carbocycles. The van der Waals surface area contributed by atoms with Gasteiger partial charge in [-0.25, -0.2) is 0 Å². The molecule has 0 unspecified atom stereocenters. The molecule has 2 N–H and O–H groups in total. The first-order chi connectivity index (χ1) is 11.1. The van der Waals surface area contributed by atoms with Gasteiger partial charge in [0.15, 0.2) is 0 Å². The Morgan fingerprint density at radius 3 is 2.83 bits per heavy atom. The second kappa shape index (κ2) is 7.27. The van der Waals surface area contributed by atoms with E-state index in [1.807, 2.05) is 13.1 Å². The highest BCUT2D eigenvalue weighted by Gasteiger charge is 2.36. The van der Waals surface area contributed by atoms with E-state index in [1.165, 1.54) is 18.9 Å². The average molecular weight is 318 g/mol.